The van der Waals surface area contributed by atoms with Crippen LogP contribution in [0.15, 0.2) is 0 Å². The van der Waals surface area contributed by atoms with Gasteiger partial charge >= 0.3 is 17.4 Å². The first-order valence-electron chi connectivity index (χ1n) is 0. The summed E-state index contributed by atoms with van der Waals surface area (Å²) in [6, 6.07) is 0. The van der Waals surface area contributed by atoms with Crippen LogP contribution >= 0.6 is 12.4 Å². The zero-order valence-electron chi connectivity index (χ0n) is 2.04. The van der Waals surface area contributed by atoms with E-state index in [-0.39, 0.29) is 46.2 Å². The Labute approximate surface area is 46.8 Å². The third-order valence-electron chi connectivity index (χ3n) is 0. The van der Waals surface area contributed by atoms with E-state index in [9.17, 15) is 0 Å². The number of hydrogen-bond donors (Lipinski definition) is 0. The summed E-state index contributed by atoms with van der Waals surface area (Å²) in [6.07, 6.45) is 0. The zero-order valence-corrected chi connectivity index (χ0v) is 4.13. The Hall–Kier alpha value is 0.702. The largest absolute Gasteiger partial charge is 6.00 e. The SMILES string of the molecule is Cl.[Cr+6].[O-2].[O-2].[O-2]. The molecule has 0 amide bonds. The molecule has 0 rings (SSSR count). The standard InChI is InChI=1S/ClH.Cr.3O/h1H;;;;/q;+6;3*-2. The molecule has 0 aliphatic carbocycles. The van der Waals surface area contributed by atoms with Gasteiger partial charge in [-0.1, -0.05) is 0 Å². The van der Waals surface area contributed by atoms with Crippen molar-refractivity contribution in [1.82, 2.24) is 0 Å². The fourth-order valence-corrected chi connectivity index (χ4v) is 0. The van der Waals surface area contributed by atoms with Crippen LogP contribution in [0.4, 0.5) is 0 Å². The van der Waals surface area contributed by atoms with Crippen LogP contribution in [0.1, 0.15) is 0 Å². The van der Waals surface area contributed by atoms with Crippen molar-refractivity contribution in [3.05, 3.63) is 0 Å². The first-order valence-corrected chi connectivity index (χ1v) is 0. The molecule has 5 heteroatoms. The van der Waals surface area contributed by atoms with Crippen LogP contribution in [-0.4, -0.2) is 0 Å². The summed E-state index contributed by atoms with van der Waals surface area (Å²) in [5.74, 6) is 0. The summed E-state index contributed by atoms with van der Waals surface area (Å²) in [5, 5.41) is 0. The van der Waals surface area contributed by atoms with Crippen molar-refractivity contribution in [2.45, 2.75) is 0 Å². The molecule has 0 heterocycles. The minimum absolute atomic E-state index is 0. The second-order valence-electron chi connectivity index (χ2n) is 0. The molecular weight excluding hydrogens is 135 g/mol. The van der Waals surface area contributed by atoms with Gasteiger partial charge in [-0.15, -0.1) is 12.4 Å². The van der Waals surface area contributed by atoms with Gasteiger partial charge in [0.05, 0.1) is 0 Å². The molecule has 0 fully saturated rings. The van der Waals surface area contributed by atoms with E-state index in [2.05, 4.69) is 0 Å². The van der Waals surface area contributed by atoms with E-state index in [0.717, 1.165) is 0 Å². The molecule has 3 nitrogen and oxygen atoms in total. The fraction of sp³-hybridized carbons (Fsp3) is 0. The Balaban J connectivity index is 0. The second kappa shape index (κ2) is 131. The Bertz CT molecular complexity index is 6.85. The molecule has 0 aromatic carbocycles. The van der Waals surface area contributed by atoms with E-state index in [4.69, 9.17) is 0 Å². The summed E-state index contributed by atoms with van der Waals surface area (Å²) in [5.41, 5.74) is 0. The maximum absolute atomic E-state index is 0. The predicted octanol–water partition coefficient (Wildman–Crippen LogP) is 0.0629. The minimum atomic E-state index is 0. The fourth-order valence-electron chi connectivity index (χ4n) is 0. The van der Waals surface area contributed by atoms with E-state index in [1.54, 1.807) is 0 Å². The molecule has 0 saturated carbocycles. The van der Waals surface area contributed by atoms with Crippen LogP contribution in [0.5, 0.6) is 0 Å². The Morgan fingerprint density at radius 2 is 0.600 bits per heavy atom. The number of rotatable bonds is 0. The van der Waals surface area contributed by atoms with Crippen molar-refractivity contribution >= 4 is 12.4 Å². The maximum Gasteiger partial charge on any atom is 6.00 e. The van der Waals surface area contributed by atoms with Gasteiger partial charge in [0.15, 0.2) is 0 Å². The monoisotopic (exact) mass is 136 g/mol. The van der Waals surface area contributed by atoms with Gasteiger partial charge in [0.1, 0.15) is 0 Å². The van der Waals surface area contributed by atoms with E-state index in [1.165, 1.54) is 0 Å². The van der Waals surface area contributed by atoms with Crippen molar-refractivity contribution in [3.8, 4) is 0 Å². The van der Waals surface area contributed by atoms with Crippen LogP contribution in [0.2, 0.25) is 0 Å². The van der Waals surface area contributed by atoms with Gasteiger partial charge in [0.25, 0.3) is 0 Å². The molecule has 0 aromatic rings. The average molecular weight is 136 g/mol. The topological polar surface area (TPSA) is 85.5 Å². The molecule has 0 N–H and O–H groups in total. The molecule has 0 aliphatic heterocycles. The van der Waals surface area contributed by atoms with Crippen LogP contribution in [-0.2, 0) is 33.8 Å². The van der Waals surface area contributed by atoms with Crippen LogP contribution in [0.3, 0.4) is 0 Å². The average Bonchev–Trinajstić information content (AvgIpc) is 0. The molecule has 0 bridgehead atoms. The molecule has 0 saturated heterocycles. The molecule has 0 aliphatic rings. The van der Waals surface area contributed by atoms with Gasteiger partial charge in [-0.2, -0.15) is 0 Å². The molecule has 32 valence electrons. The first kappa shape index (κ1) is 256. The van der Waals surface area contributed by atoms with Crippen LogP contribution in [0.25, 0.3) is 0 Å². The zero-order chi connectivity index (χ0) is 0. The molecule has 0 radical (unpaired) electrons. The minimum Gasteiger partial charge on any atom is -2.00 e. The normalized spacial score (nSPS) is 0. The smallest absolute Gasteiger partial charge is 2.00 e. The van der Waals surface area contributed by atoms with Crippen molar-refractivity contribution in [2.24, 2.45) is 0 Å². The number of halogens is 1. The van der Waals surface area contributed by atoms with Gasteiger partial charge in [0, 0.05) is 0 Å². The Kier molecular flexibility index (Phi) is 6680. The molecule has 0 unspecified atom stereocenters. The van der Waals surface area contributed by atoms with E-state index < -0.39 is 0 Å². The summed E-state index contributed by atoms with van der Waals surface area (Å²) in [6.45, 7) is 0. The van der Waals surface area contributed by atoms with Gasteiger partial charge in [-0.05, 0) is 0 Å². The van der Waals surface area contributed by atoms with E-state index in [0.29, 0.717) is 0 Å². The van der Waals surface area contributed by atoms with Crippen LogP contribution < -0.4 is 0 Å². The van der Waals surface area contributed by atoms with Gasteiger partial charge < -0.3 is 16.4 Å². The van der Waals surface area contributed by atoms with Gasteiger partial charge in [0.2, 0.25) is 0 Å². The number of hydrogen-bond acceptors (Lipinski definition) is 0. The summed E-state index contributed by atoms with van der Waals surface area (Å²) >= 11 is 0. The Morgan fingerprint density at radius 1 is 0.600 bits per heavy atom. The first-order chi connectivity index (χ1) is 0. The molecule has 0 spiro atoms. The third kappa shape index (κ3) is 69.6. The van der Waals surface area contributed by atoms with Gasteiger partial charge in [-0.25, -0.2) is 0 Å². The van der Waals surface area contributed by atoms with Crippen LogP contribution in [0, 0.1) is 0 Å². The van der Waals surface area contributed by atoms with Gasteiger partial charge in [-0.3, -0.25) is 0 Å². The van der Waals surface area contributed by atoms with Crippen molar-refractivity contribution in [1.29, 1.82) is 0 Å². The quantitative estimate of drug-likeness (QED) is 0.451. The maximum atomic E-state index is 0. The van der Waals surface area contributed by atoms with E-state index in [1.807, 2.05) is 0 Å². The molecular formula is HClCrO3. The third-order valence-corrected chi connectivity index (χ3v) is 0. The summed E-state index contributed by atoms with van der Waals surface area (Å²) < 4.78 is 0. The van der Waals surface area contributed by atoms with Crippen molar-refractivity contribution in [2.75, 3.05) is 0 Å². The summed E-state index contributed by atoms with van der Waals surface area (Å²) in [4.78, 5) is 0. The molecule has 0 atom stereocenters. The molecule has 0 aromatic heterocycles. The second-order valence-corrected chi connectivity index (χ2v) is 0. The van der Waals surface area contributed by atoms with Crippen molar-refractivity contribution < 1.29 is 33.8 Å². The van der Waals surface area contributed by atoms with Crippen molar-refractivity contribution in [3.63, 3.8) is 0 Å². The predicted molar refractivity (Wildman–Crippen MR) is 9.31 cm³/mol. The summed E-state index contributed by atoms with van der Waals surface area (Å²) in [7, 11) is 0. The molecule has 5 heavy (non-hydrogen) atoms. The van der Waals surface area contributed by atoms with E-state index >= 15 is 0 Å². The Morgan fingerprint density at radius 3 is 0.600 bits per heavy atom.